The number of ether oxygens (including phenoxy) is 2. The molecule has 0 spiro atoms. The van der Waals surface area contributed by atoms with E-state index >= 15 is 0 Å². The van der Waals surface area contributed by atoms with E-state index in [4.69, 9.17) is 9.47 Å². The molecular weight excluding hydrogens is 604 g/mol. The Kier molecular flexibility index (Phi) is 6.60. The van der Waals surface area contributed by atoms with E-state index in [9.17, 15) is 0 Å². The Morgan fingerprint density at radius 3 is 1.32 bits per heavy atom. The summed E-state index contributed by atoms with van der Waals surface area (Å²) in [6.07, 6.45) is 0. The molecule has 0 aliphatic carbocycles. The number of benzene rings is 5. The lowest BCUT2D eigenvalue weighted by Crippen LogP contribution is -2.10. The van der Waals surface area contributed by atoms with Crippen molar-refractivity contribution in [1.29, 1.82) is 0 Å². The van der Waals surface area contributed by atoms with Gasteiger partial charge in [-0.2, -0.15) is 0 Å². The third kappa shape index (κ3) is 4.44. The first-order valence-electron chi connectivity index (χ1n) is 12.1. The van der Waals surface area contributed by atoms with Gasteiger partial charge in [0.25, 0.3) is 0 Å². The summed E-state index contributed by atoms with van der Waals surface area (Å²) >= 11 is 7.30. The standard InChI is InChI=1S/C32H24Br2N2O2/c1-37-27-13-9-24(10-14-27)35(25-11-15-28(38-2)16-12-25)23-5-7-26(8-6-23)36-31-17-3-21(33)19-29(31)30-20-22(34)4-18-32(30)36/h3-20H,1-2H3. The predicted molar refractivity (Wildman–Crippen MR) is 164 cm³/mol. The molecule has 0 aliphatic heterocycles. The maximum atomic E-state index is 5.39. The van der Waals surface area contributed by atoms with Crippen molar-refractivity contribution in [2.45, 2.75) is 0 Å². The van der Waals surface area contributed by atoms with Crippen molar-refractivity contribution in [2.75, 3.05) is 19.1 Å². The minimum absolute atomic E-state index is 0.823. The fourth-order valence-corrected chi connectivity index (χ4v) is 5.63. The van der Waals surface area contributed by atoms with Crippen LogP contribution < -0.4 is 14.4 Å². The van der Waals surface area contributed by atoms with Crippen LogP contribution in [0.5, 0.6) is 11.5 Å². The summed E-state index contributed by atoms with van der Waals surface area (Å²) in [5, 5.41) is 2.41. The van der Waals surface area contributed by atoms with Crippen LogP contribution in [0, 0.1) is 0 Å². The summed E-state index contributed by atoms with van der Waals surface area (Å²) in [5.74, 6) is 1.65. The first kappa shape index (κ1) is 24.6. The molecule has 38 heavy (non-hydrogen) atoms. The molecule has 0 radical (unpaired) electrons. The number of nitrogens with zero attached hydrogens (tertiary/aromatic N) is 2. The van der Waals surface area contributed by atoms with Gasteiger partial charge in [0.2, 0.25) is 0 Å². The third-order valence-electron chi connectivity index (χ3n) is 6.72. The lowest BCUT2D eigenvalue weighted by molar-refractivity contribution is 0.415. The maximum absolute atomic E-state index is 5.39. The van der Waals surface area contributed by atoms with E-state index < -0.39 is 0 Å². The SMILES string of the molecule is COc1ccc(N(c2ccc(OC)cc2)c2ccc(-n3c4ccc(Br)cc4c4cc(Br)ccc43)cc2)cc1. The molecule has 0 atom stereocenters. The van der Waals surface area contributed by atoms with Crippen LogP contribution >= 0.6 is 31.9 Å². The number of hydrogen-bond donors (Lipinski definition) is 0. The molecule has 0 saturated carbocycles. The van der Waals surface area contributed by atoms with E-state index in [0.717, 1.165) is 54.2 Å². The summed E-state index contributed by atoms with van der Waals surface area (Å²) < 4.78 is 15.2. The molecule has 0 saturated heterocycles. The number of methoxy groups -OCH3 is 2. The minimum Gasteiger partial charge on any atom is -0.497 e. The zero-order valence-electron chi connectivity index (χ0n) is 20.9. The van der Waals surface area contributed by atoms with E-state index in [1.54, 1.807) is 14.2 Å². The molecule has 0 N–H and O–H groups in total. The Hall–Kier alpha value is -3.74. The summed E-state index contributed by atoms with van der Waals surface area (Å²) in [4.78, 5) is 2.22. The molecule has 5 aromatic carbocycles. The molecular formula is C32H24Br2N2O2. The lowest BCUT2D eigenvalue weighted by atomic mass is 10.1. The van der Waals surface area contributed by atoms with Gasteiger partial charge in [-0.25, -0.2) is 0 Å². The van der Waals surface area contributed by atoms with E-state index in [-0.39, 0.29) is 0 Å². The topological polar surface area (TPSA) is 26.6 Å². The van der Waals surface area contributed by atoms with Crippen LogP contribution in [0.1, 0.15) is 0 Å². The van der Waals surface area contributed by atoms with Gasteiger partial charge in [0, 0.05) is 42.5 Å². The Bertz CT molecular complexity index is 1640. The second-order valence-corrected chi connectivity index (χ2v) is 10.7. The third-order valence-corrected chi connectivity index (χ3v) is 7.70. The molecule has 6 aromatic rings. The number of rotatable bonds is 6. The van der Waals surface area contributed by atoms with Gasteiger partial charge in [-0.15, -0.1) is 0 Å². The number of halogens is 2. The van der Waals surface area contributed by atoms with Gasteiger partial charge in [0.05, 0.1) is 25.3 Å². The first-order chi connectivity index (χ1) is 18.6. The smallest absolute Gasteiger partial charge is 0.119 e. The molecule has 0 unspecified atom stereocenters. The Labute approximate surface area is 238 Å². The van der Waals surface area contributed by atoms with Gasteiger partial charge < -0.3 is 18.9 Å². The highest BCUT2D eigenvalue weighted by molar-refractivity contribution is 9.10. The molecule has 6 rings (SSSR count). The normalized spacial score (nSPS) is 11.2. The second-order valence-electron chi connectivity index (χ2n) is 8.91. The van der Waals surface area contributed by atoms with Crippen LogP contribution in [0.4, 0.5) is 17.1 Å². The van der Waals surface area contributed by atoms with Crippen molar-refractivity contribution in [3.63, 3.8) is 0 Å². The minimum atomic E-state index is 0.823. The number of hydrogen-bond acceptors (Lipinski definition) is 3. The monoisotopic (exact) mass is 626 g/mol. The number of anilines is 3. The summed E-state index contributed by atoms with van der Waals surface area (Å²) in [5.41, 5.74) is 6.55. The van der Waals surface area contributed by atoms with Crippen LogP contribution in [0.15, 0.2) is 118 Å². The Morgan fingerprint density at radius 2 is 0.921 bits per heavy atom. The van der Waals surface area contributed by atoms with Gasteiger partial charge >= 0.3 is 0 Å². The van der Waals surface area contributed by atoms with Crippen molar-refractivity contribution in [1.82, 2.24) is 4.57 Å². The second kappa shape index (κ2) is 10.2. The lowest BCUT2D eigenvalue weighted by Gasteiger charge is -2.26. The van der Waals surface area contributed by atoms with E-state index in [0.29, 0.717) is 0 Å². The van der Waals surface area contributed by atoms with Crippen LogP contribution in [0.2, 0.25) is 0 Å². The number of fused-ring (bicyclic) bond motifs is 3. The molecule has 1 aromatic heterocycles. The average Bonchev–Trinajstić information content (AvgIpc) is 3.27. The average molecular weight is 628 g/mol. The summed E-state index contributed by atoms with van der Waals surface area (Å²) in [6.45, 7) is 0. The highest BCUT2D eigenvalue weighted by Crippen LogP contribution is 2.38. The van der Waals surface area contributed by atoms with Gasteiger partial charge in [-0.1, -0.05) is 31.9 Å². The Balaban J connectivity index is 1.48. The molecule has 0 amide bonds. The largest absolute Gasteiger partial charge is 0.497 e. The highest BCUT2D eigenvalue weighted by atomic mass is 79.9. The van der Waals surface area contributed by atoms with Gasteiger partial charge in [0.15, 0.2) is 0 Å². The molecule has 1 heterocycles. The van der Waals surface area contributed by atoms with Crippen LogP contribution in [0.3, 0.4) is 0 Å². The molecule has 188 valence electrons. The van der Waals surface area contributed by atoms with Crippen molar-refractivity contribution in [2.24, 2.45) is 0 Å². The fraction of sp³-hybridized carbons (Fsp3) is 0.0625. The van der Waals surface area contributed by atoms with E-state index in [1.165, 1.54) is 10.8 Å². The fourth-order valence-electron chi connectivity index (χ4n) is 4.91. The van der Waals surface area contributed by atoms with E-state index in [1.807, 2.05) is 24.3 Å². The molecule has 0 aliphatic rings. The predicted octanol–water partition coefficient (Wildman–Crippen LogP) is 9.80. The van der Waals surface area contributed by atoms with Crippen molar-refractivity contribution < 1.29 is 9.47 Å². The van der Waals surface area contributed by atoms with Gasteiger partial charge in [-0.05, 0) is 109 Å². The zero-order chi connectivity index (χ0) is 26.2. The van der Waals surface area contributed by atoms with Crippen molar-refractivity contribution >= 4 is 70.7 Å². The molecule has 0 fully saturated rings. The molecule has 0 bridgehead atoms. The zero-order valence-corrected chi connectivity index (χ0v) is 24.0. The quantitative estimate of drug-likeness (QED) is 0.184. The van der Waals surface area contributed by atoms with Crippen LogP contribution in [0.25, 0.3) is 27.5 Å². The van der Waals surface area contributed by atoms with E-state index in [2.05, 4.69) is 126 Å². The molecule has 4 nitrogen and oxygen atoms in total. The molecule has 6 heteroatoms. The van der Waals surface area contributed by atoms with Crippen molar-refractivity contribution in [3.05, 3.63) is 118 Å². The van der Waals surface area contributed by atoms with Crippen LogP contribution in [-0.2, 0) is 0 Å². The summed E-state index contributed by atoms with van der Waals surface area (Å²) in [7, 11) is 3.36. The summed E-state index contributed by atoms with van der Waals surface area (Å²) in [6, 6.07) is 37.8. The van der Waals surface area contributed by atoms with Crippen LogP contribution in [-0.4, -0.2) is 18.8 Å². The maximum Gasteiger partial charge on any atom is 0.119 e. The Morgan fingerprint density at radius 1 is 0.526 bits per heavy atom. The number of aromatic nitrogens is 1. The first-order valence-corrected chi connectivity index (χ1v) is 13.7. The highest BCUT2D eigenvalue weighted by Gasteiger charge is 2.16. The van der Waals surface area contributed by atoms with Gasteiger partial charge in [-0.3, -0.25) is 0 Å². The van der Waals surface area contributed by atoms with Gasteiger partial charge in [0.1, 0.15) is 11.5 Å². The van der Waals surface area contributed by atoms with Crippen molar-refractivity contribution in [3.8, 4) is 17.2 Å².